The lowest BCUT2D eigenvalue weighted by atomic mass is 10.5. The number of morpholine rings is 1. The molecule has 0 aromatic carbocycles. The van der Waals surface area contributed by atoms with E-state index in [1.54, 1.807) is 0 Å². The number of halogens is 1. The van der Waals surface area contributed by atoms with Crippen LogP contribution in [0.4, 0.5) is 0 Å². The molecule has 1 fully saturated rings. The van der Waals surface area contributed by atoms with E-state index in [0.29, 0.717) is 6.61 Å². The molecule has 0 aromatic heterocycles. The Labute approximate surface area is 66.6 Å². The van der Waals surface area contributed by atoms with Gasteiger partial charge < -0.3 is 9.64 Å². The molecule has 4 heteroatoms. The third-order valence-corrected chi connectivity index (χ3v) is 1.65. The minimum absolute atomic E-state index is 0. The van der Waals surface area contributed by atoms with Crippen LogP contribution in [-0.2, 0) is 4.74 Å². The number of hydrogen-bond donors (Lipinski definition) is 0. The Morgan fingerprint density at radius 3 is 2.67 bits per heavy atom. The van der Waals surface area contributed by atoms with Crippen molar-refractivity contribution in [3.8, 4) is 0 Å². The van der Waals surface area contributed by atoms with E-state index in [9.17, 15) is 0 Å². The van der Waals surface area contributed by atoms with Crippen LogP contribution in [0.3, 0.4) is 0 Å². The zero-order chi connectivity index (χ0) is 5.98. The zero-order valence-electron chi connectivity index (χ0n) is 5.29. The summed E-state index contributed by atoms with van der Waals surface area (Å²) in [5.41, 5.74) is 0. The molecule has 0 spiro atoms. The van der Waals surface area contributed by atoms with Gasteiger partial charge in [0.05, 0.1) is 13.2 Å². The second kappa shape index (κ2) is 4.04. The highest BCUT2D eigenvalue weighted by Gasteiger charge is 2.08. The largest absolute Gasteiger partial charge is 0.372 e. The van der Waals surface area contributed by atoms with Gasteiger partial charge in [0.1, 0.15) is 4.99 Å². The first-order valence-corrected chi connectivity index (χ1v) is 3.03. The first kappa shape index (κ1) is 9.14. The summed E-state index contributed by atoms with van der Waals surface area (Å²) in [7, 11) is 1.99. The molecule has 0 bridgehead atoms. The maximum atomic E-state index is 5.07. The van der Waals surface area contributed by atoms with Crippen LogP contribution in [0.2, 0.25) is 0 Å². The topological polar surface area (TPSA) is 12.5 Å². The van der Waals surface area contributed by atoms with E-state index in [2.05, 4.69) is 0 Å². The molecule has 54 valence electrons. The Morgan fingerprint density at radius 1 is 1.67 bits per heavy atom. The molecule has 0 amide bonds. The van der Waals surface area contributed by atoms with Gasteiger partial charge in [-0.2, -0.15) is 0 Å². The lowest BCUT2D eigenvalue weighted by Crippen LogP contribution is -2.37. The molecule has 0 aliphatic carbocycles. The van der Waals surface area contributed by atoms with E-state index < -0.39 is 0 Å². The van der Waals surface area contributed by atoms with Crippen LogP contribution in [0.25, 0.3) is 0 Å². The standard InChI is InChI=1S/C5H9NOS.ClH/c1-6-2-3-7-4-5(6)8;/h2-4H2,1H3;1H. The van der Waals surface area contributed by atoms with Crippen molar-refractivity contribution in [2.75, 3.05) is 26.8 Å². The number of thiocarbonyl (C=S) groups is 1. The Hall–Kier alpha value is 0.140. The Kier molecular flexibility index (Phi) is 4.10. The predicted octanol–water partition coefficient (Wildman–Crippen LogP) is 0.698. The molecule has 1 heterocycles. The summed E-state index contributed by atoms with van der Waals surface area (Å²) in [5, 5.41) is 0. The number of rotatable bonds is 0. The second-order valence-electron chi connectivity index (χ2n) is 1.87. The molecule has 0 aromatic rings. The monoisotopic (exact) mass is 167 g/mol. The van der Waals surface area contributed by atoms with E-state index in [0.717, 1.165) is 18.1 Å². The number of nitrogens with zero attached hydrogens (tertiary/aromatic N) is 1. The summed E-state index contributed by atoms with van der Waals surface area (Å²) in [6, 6.07) is 0. The predicted molar refractivity (Wildman–Crippen MR) is 43.3 cm³/mol. The van der Waals surface area contributed by atoms with Crippen molar-refractivity contribution in [3.63, 3.8) is 0 Å². The van der Waals surface area contributed by atoms with Crippen LogP contribution < -0.4 is 0 Å². The third kappa shape index (κ3) is 2.47. The van der Waals surface area contributed by atoms with Gasteiger partial charge in [-0.3, -0.25) is 0 Å². The highest BCUT2D eigenvalue weighted by molar-refractivity contribution is 7.80. The van der Waals surface area contributed by atoms with Crippen molar-refractivity contribution in [2.45, 2.75) is 0 Å². The minimum Gasteiger partial charge on any atom is -0.372 e. The molecule has 1 rings (SSSR count). The second-order valence-corrected chi connectivity index (χ2v) is 2.34. The number of ether oxygens (including phenoxy) is 1. The van der Waals surface area contributed by atoms with E-state index >= 15 is 0 Å². The molecular weight excluding hydrogens is 158 g/mol. The summed E-state index contributed by atoms with van der Waals surface area (Å²) >= 11 is 4.93. The Morgan fingerprint density at radius 2 is 2.33 bits per heavy atom. The fourth-order valence-electron chi connectivity index (χ4n) is 0.596. The molecule has 1 saturated heterocycles. The first-order chi connectivity index (χ1) is 3.80. The van der Waals surface area contributed by atoms with E-state index in [1.807, 2.05) is 11.9 Å². The van der Waals surface area contributed by atoms with E-state index in [1.165, 1.54) is 0 Å². The van der Waals surface area contributed by atoms with Gasteiger partial charge in [-0.1, -0.05) is 12.2 Å². The van der Waals surface area contributed by atoms with Crippen molar-refractivity contribution in [1.82, 2.24) is 4.90 Å². The van der Waals surface area contributed by atoms with Gasteiger partial charge in [-0.15, -0.1) is 12.4 Å². The molecular formula is C5H10ClNOS. The zero-order valence-corrected chi connectivity index (χ0v) is 6.93. The lowest BCUT2D eigenvalue weighted by molar-refractivity contribution is 0.128. The molecule has 0 N–H and O–H groups in total. The third-order valence-electron chi connectivity index (χ3n) is 1.22. The van der Waals surface area contributed by atoms with Gasteiger partial charge in [0.2, 0.25) is 0 Å². The lowest BCUT2D eigenvalue weighted by Gasteiger charge is -2.24. The molecule has 0 unspecified atom stereocenters. The van der Waals surface area contributed by atoms with Crippen LogP contribution in [-0.4, -0.2) is 36.7 Å². The van der Waals surface area contributed by atoms with Crippen molar-refractivity contribution >= 4 is 29.6 Å². The van der Waals surface area contributed by atoms with Crippen LogP contribution in [0.1, 0.15) is 0 Å². The summed E-state index contributed by atoms with van der Waals surface area (Å²) in [6.45, 7) is 2.39. The van der Waals surface area contributed by atoms with Gasteiger partial charge in [-0.25, -0.2) is 0 Å². The van der Waals surface area contributed by atoms with Gasteiger partial charge in [0.15, 0.2) is 0 Å². The molecule has 0 saturated carbocycles. The maximum Gasteiger partial charge on any atom is 0.104 e. The van der Waals surface area contributed by atoms with E-state index in [4.69, 9.17) is 17.0 Å². The average molecular weight is 168 g/mol. The van der Waals surface area contributed by atoms with Gasteiger partial charge in [-0.05, 0) is 0 Å². The fraction of sp³-hybridized carbons (Fsp3) is 0.800. The Balaban J connectivity index is 0.000000640. The quantitative estimate of drug-likeness (QED) is 0.493. The Bertz CT molecular complexity index is 109. The number of likely N-dealkylation sites (N-methyl/N-ethyl adjacent to an activating group) is 1. The van der Waals surface area contributed by atoms with Crippen LogP contribution >= 0.6 is 24.6 Å². The van der Waals surface area contributed by atoms with Crippen LogP contribution in [0.5, 0.6) is 0 Å². The smallest absolute Gasteiger partial charge is 0.104 e. The first-order valence-electron chi connectivity index (χ1n) is 2.62. The van der Waals surface area contributed by atoms with Gasteiger partial charge in [0, 0.05) is 13.6 Å². The summed E-state index contributed by atoms with van der Waals surface area (Å²) < 4.78 is 5.07. The molecule has 9 heavy (non-hydrogen) atoms. The summed E-state index contributed by atoms with van der Waals surface area (Å²) in [6.07, 6.45) is 0. The SMILES string of the molecule is CN1CCOCC1=S.Cl. The van der Waals surface area contributed by atoms with Crippen LogP contribution in [0, 0.1) is 0 Å². The molecule has 2 nitrogen and oxygen atoms in total. The minimum atomic E-state index is 0. The fourth-order valence-corrected chi connectivity index (χ4v) is 0.770. The summed E-state index contributed by atoms with van der Waals surface area (Å²) in [5.74, 6) is 0. The normalized spacial score (nSPS) is 19.2. The highest BCUT2D eigenvalue weighted by atomic mass is 35.5. The van der Waals surface area contributed by atoms with E-state index in [-0.39, 0.29) is 12.4 Å². The van der Waals surface area contributed by atoms with Gasteiger partial charge in [0.25, 0.3) is 0 Å². The van der Waals surface area contributed by atoms with Crippen molar-refractivity contribution in [2.24, 2.45) is 0 Å². The molecule has 1 aliphatic rings. The summed E-state index contributed by atoms with van der Waals surface area (Å²) in [4.78, 5) is 2.95. The van der Waals surface area contributed by atoms with Crippen LogP contribution in [0.15, 0.2) is 0 Å². The molecule has 1 aliphatic heterocycles. The van der Waals surface area contributed by atoms with Gasteiger partial charge >= 0.3 is 0 Å². The maximum absolute atomic E-state index is 5.07. The van der Waals surface area contributed by atoms with Crippen molar-refractivity contribution in [3.05, 3.63) is 0 Å². The average Bonchev–Trinajstić information content (AvgIpc) is 1.77. The molecule has 0 atom stereocenters. The molecule has 0 radical (unpaired) electrons. The number of hydrogen-bond acceptors (Lipinski definition) is 2. The van der Waals surface area contributed by atoms with Crippen molar-refractivity contribution in [1.29, 1.82) is 0 Å². The van der Waals surface area contributed by atoms with Crippen molar-refractivity contribution < 1.29 is 4.74 Å². The highest BCUT2D eigenvalue weighted by Crippen LogP contribution is 1.95.